The summed E-state index contributed by atoms with van der Waals surface area (Å²) < 4.78 is 18.8. The maximum Gasteiger partial charge on any atom is 0.142 e. The van der Waals surface area contributed by atoms with E-state index in [4.69, 9.17) is 16.3 Å². The third-order valence-corrected chi connectivity index (χ3v) is 3.93. The zero-order valence-corrected chi connectivity index (χ0v) is 11.8. The van der Waals surface area contributed by atoms with Crippen molar-refractivity contribution in [1.82, 2.24) is 0 Å². The van der Waals surface area contributed by atoms with Crippen LogP contribution in [0.4, 0.5) is 4.39 Å². The van der Waals surface area contributed by atoms with Crippen LogP contribution in [0.1, 0.15) is 32.3 Å². The Morgan fingerprint density at radius 3 is 2.44 bits per heavy atom. The van der Waals surface area contributed by atoms with E-state index in [0.29, 0.717) is 24.8 Å². The van der Waals surface area contributed by atoms with Crippen molar-refractivity contribution < 1.29 is 14.2 Å². The van der Waals surface area contributed by atoms with Crippen LogP contribution in [-0.2, 0) is 11.2 Å². The van der Waals surface area contributed by atoms with Gasteiger partial charge in [0, 0.05) is 13.5 Å². The molecule has 0 radical (unpaired) electrons. The third kappa shape index (κ3) is 3.22. The minimum absolute atomic E-state index is 0.0947. The highest BCUT2D eigenvalue weighted by Gasteiger charge is 2.34. The van der Waals surface area contributed by atoms with Gasteiger partial charge in [0.2, 0.25) is 0 Å². The second kappa shape index (κ2) is 6.50. The van der Waals surface area contributed by atoms with Gasteiger partial charge in [-0.05, 0) is 30.5 Å². The molecule has 1 unspecified atom stereocenters. The van der Waals surface area contributed by atoms with Crippen molar-refractivity contribution in [2.75, 3.05) is 7.11 Å². The lowest BCUT2D eigenvalue weighted by molar-refractivity contribution is -0.106. The van der Waals surface area contributed by atoms with Crippen LogP contribution in [0.2, 0.25) is 5.02 Å². The van der Waals surface area contributed by atoms with Crippen LogP contribution in [0.25, 0.3) is 0 Å². The molecule has 1 aromatic carbocycles. The lowest BCUT2D eigenvalue weighted by atomic mass is 9.86. The summed E-state index contributed by atoms with van der Waals surface area (Å²) in [5, 5.41) is 10.4. The van der Waals surface area contributed by atoms with E-state index in [-0.39, 0.29) is 5.02 Å². The Bertz CT molecular complexity index is 383. The van der Waals surface area contributed by atoms with E-state index in [2.05, 4.69) is 0 Å². The molecule has 0 fully saturated rings. The van der Waals surface area contributed by atoms with Gasteiger partial charge in [0.15, 0.2) is 0 Å². The quantitative estimate of drug-likeness (QED) is 0.859. The summed E-state index contributed by atoms with van der Waals surface area (Å²) in [6.45, 7) is 3.94. The lowest BCUT2D eigenvalue weighted by Gasteiger charge is -2.35. The van der Waals surface area contributed by atoms with Gasteiger partial charge in [0.1, 0.15) is 5.82 Å². The van der Waals surface area contributed by atoms with Crippen LogP contribution in [0.3, 0.4) is 0 Å². The second-order valence-corrected chi connectivity index (χ2v) is 4.85. The van der Waals surface area contributed by atoms with Gasteiger partial charge in [-0.25, -0.2) is 4.39 Å². The largest absolute Gasteiger partial charge is 0.390 e. The molecular formula is C14H20ClFO2. The van der Waals surface area contributed by atoms with Crippen LogP contribution >= 0.6 is 11.6 Å². The van der Waals surface area contributed by atoms with Gasteiger partial charge in [-0.2, -0.15) is 0 Å². The molecule has 0 spiro atoms. The summed E-state index contributed by atoms with van der Waals surface area (Å²) >= 11 is 5.63. The first-order chi connectivity index (χ1) is 8.49. The molecule has 1 N–H and O–H groups in total. The average molecular weight is 275 g/mol. The first-order valence-electron chi connectivity index (χ1n) is 6.16. The summed E-state index contributed by atoms with van der Waals surface area (Å²) in [6.07, 6.45) is 1.09. The summed E-state index contributed by atoms with van der Waals surface area (Å²) in [4.78, 5) is 0. The van der Waals surface area contributed by atoms with Crippen molar-refractivity contribution in [3.8, 4) is 0 Å². The second-order valence-electron chi connectivity index (χ2n) is 4.44. The van der Waals surface area contributed by atoms with Gasteiger partial charge in [-0.1, -0.05) is 31.5 Å². The normalized spacial score (nSPS) is 13.7. The molecule has 0 aromatic heterocycles. The van der Waals surface area contributed by atoms with E-state index >= 15 is 0 Å². The highest BCUT2D eigenvalue weighted by molar-refractivity contribution is 6.30. The first kappa shape index (κ1) is 15.4. The van der Waals surface area contributed by atoms with Gasteiger partial charge in [0.25, 0.3) is 0 Å². The Morgan fingerprint density at radius 2 is 2.00 bits per heavy atom. The molecule has 0 heterocycles. The number of ether oxygens (including phenoxy) is 1. The van der Waals surface area contributed by atoms with Crippen molar-refractivity contribution >= 4 is 11.6 Å². The number of aliphatic hydroxyl groups excluding tert-OH is 1. The summed E-state index contributed by atoms with van der Waals surface area (Å²) in [5.41, 5.74) is 0.142. The number of halogens is 2. The Hall–Kier alpha value is -0.640. The van der Waals surface area contributed by atoms with Gasteiger partial charge in [-0.15, -0.1) is 0 Å². The van der Waals surface area contributed by atoms with Gasteiger partial charge in [0.05, 0.1) is 16.7 Å². The number of hydrogen-bond donors (Lipinski definition) is 1. The molecule has 0 amide bonds. The van der Waals surface area contributed by atoms with Crippen molar-refractivity contribution in [1.29, 1.82) is 0 Å². The molecule has 0 aliphatic heterocycles. The van der Waals surface area contributed by atoms with Crippen molar-refractivity contribution in [2.45, 2.75) is 44.8 Å². The van der Waals surface area contributed by atoms with E-state index in [1.54, 1.807) is 13.2 Å². The van der Waals surface area contributed by atoms with Crippen molar-refractivity contribution in [3.05, 3.63) is 34.6 Å². The zero-order valence-electron chi connectivity index (χ0n) is 11.0. The summed E-state index contributed by atoms with van der Waals surface area (Å²) in [7, 11) is 1.60. The molecule has 0 aliphatic rings. The van der Waals surface area contributed by atoms with E-state index in [1.807, 2.05) is 13.8 Å². The molecule has 2 nitrogen and oxygen atoms in total. The standard InChI is InChI=1S/C14H20ClFO2/c1-4-14(5-2,18-3)13(17)9-10-6-7-11(15)12(16)8-10/h6-8,13,17H,4-5,9H2,1-3H3. The molecule has 0 saturated heterocycles. The minimum Gasteiger partial charge on any atom is -0.390 e. The minimum atomic E-state index is -0.668. The first-order valence-corrected chi connectivity index (χ1v) is 6.54. The Morgan fingerprint density at radius 1 is 1.39 bits per heavy atom. The molecule has 18 heavy (non-hydrogen) atoms. The molecule has 102 valence electrons. The van der Waals surface area contributed by atoms with Crippen LogP contribution in [0.15, 0.2) is 18.2 Å². The zero-order chi connectivity index (χ0) is 13.8. The van der Waals surface area contributed by atoms with Crippen LogP contribution < -0.4 is 0 Å². The summed E-state index contributed by atoms with van der Waals surface area (Å²) in [5.74, 6) is -0.461. The smallest absolute Gasteiger partial charge is 0.142 e. The lowest BCUT2D eigenvalue weighted by Crippen LogP contribution is -2.44. The maximum absolute atomic E-state index is 13.3. The predicted octanol–water partition coefficient (Wildman–Crippen LogP) is 3.59. The third-order valence-electron chi connectivity index (χ3n) is 3.62. The fraction of sp³-hybridized carbons (Fsp3) is 0.571. The van der Waals surface area contributed by atoms with Crippen LogP contribution in [0.5, 0.6) is 0 Å². The monoisotopic (exact) mass is 274 g/mol. The van der Waals surface area contributed by atoms with E-state index in [1.165, 1.54) is 12.1 Å². The van der Waals surface area contributed by atoms with Crippen molar-refractivity contribution in [3.63, 3.8) is 0 Å². The predicted molar refractivity (Wildman–Crippen MR) is 71.4 cm³/mol. The van der Waals surface area contributed by atoms with Crippen molar-refractivity contribution in [2.24, 2.45) is 0 Å². The highest BCUT2D eigenvalue weighted by atomic mass is 35.5. The molecular weight excluding hydrogens is 255 g/mol. The van der Waals surface area contributed by atoms with Crippen LogP contribution in [-0.4, -0.2) is 23.9 Å². The Labute approximate surface area is 113 Å². The van der Waals surface area contributed by atoms with Gasteiger partial charge < -0.3 is 9.84 Å². The maximum atomic E-state index is 13.3. The van der Waals surface area contributed by atoms with E-state index in [9.17, 15) is 9.50 Å². The average Bonchev–Trinajstić information content (AvgIpc) is 2.37. The topological polar surface area (TPSA) is 29.5 Å². The summed E-state index contributed by atoms with van der Waals surface area (Å²) in [6, 6.07) is 4.59. The molecule has 0 bridgehead atoms. The van der Waals surface area contributed by atoms with E-state index < -0.39 is 17.5 Å². The molecule has 4 heteroatoms. The Balaban J connectivity index is 2.85. The number of rotatable bonds is 6. The highest BCUT2D eigenvalue weighted by Crippen LogP contribution is 2.27. The number of benzene rings is 1. The molecule has 1 rings (SSSR count). The molecule has 1 atom stereocenters. The van der Waals surface area contributed by atoms with Gasteiger partial charge >= 0.3 is 0 Å². The molecule has 1 aromatic rings. The Kier molecular flexibility index (Phi) is 5.57. The molecule has 0 saturated carbocycles. The molecule has 0 aliphatic carbocycles. The van der Waals surface area contributed by atoms with Crippen LogP contribution in [0, 0.1) is 5.82 Å². The number of aliphatic hydroxyl groups is 1. The van der Waals surface area contributed by atoms with E-state index in [0.717, 1.165) is 0 Å². The van der Waals surface area contributed by atoms with Gasteiger partial charge in [-0.3, -0.25) is 0 Å². The SMILES string of the molecule is CCC(CC)(OC)C(O)Cc1ccc(Cl)c(F)c1. The fourth-order valence-electron chi connectivity index (χ4n) is 2.22. The fourth-order valence-corrected chi connectivity index (χ4v) is 2.34. The number of methoxy groups -OCH3 is 1. The number of hydrogen-bond acceptors (Lipinski definition) is 2.